The molecule has 0 aromatic carbocycles. The molecule has 96 valence electrons. The second-order valence-corrected chi connectivity index (χ2v) is 5.87. The molecule has 4 nitrogen and oxygen atoms in total. The molecule has 2 unspecified atom stereocenters. The number of methoxy groups -OCH3 is 1. The third kappa shape index (κ3) is 4.10. The fourth-order valence-corrected chi connectivity index (χ4v) is 1.61. The summed E-state index contributed by atoms with van der Waals surface area (Å²) in [5.41, 5.74) is 5.13. The molecule has 0 bridgehead atoms. The first-order valence-corrected chi connectivity index (χ1v) is 5.60. The lowest BCUT2D eigenvalue weighted by molar-refractivity contribution is -0.147. The van der Waals surface area contributed by atoms with E-state index in [-0.39, 0.29) is 11.4 Å². The van der Waals surface area contributed by atoms with Gasteiger partial charge in [0, 0.05) is 12.6 Å². The van der Waals surface area contributed by atoms with Crippen molar-refractivity contribution in [3.8, 4) is 0 Å². The van der Waals surface area contributed by atoms with Gasteiger partial charge in [-0.1, -0.05) is 20.8 Å². The van der Waals surface area contributed by atoms with Crippen LogP contribution < -0.4 is 5.73 Å². The van der Waals surface area contributed by atoms with Gasteiger partial charge in [0.05, 0.1) is 7.11 Å². The second kappa shape index (κ2) is 5.15. The summed E-state index contributed by atoms with van der Waals surface area (Å²) in [6, 6.07) is 0.333. The molecule has 2 N–H and O–H groups in total. The van der Waals surface area contributed by atoms with E-state index >= 15 is 0 Å². The highest BCUT2D eigenvalue weighted by atomic mass is 16.5. The van der Waals surface area contributed by atoms with Crippen molar-refractivity contribution in [2.45, 2.75) is 46.2 Å². The number of hydrogen-bond donors (Lipinski definition) is 1. The first-order valence-electron chi connectivity index (χ1n) is 5.60. The van der Waals surface area contributed by atoms with Crippen LogP contribution in [-0.2, 0) is 9.53 Å². The average molecular weight is 230 g/mol. The minimum atomic E-state index is -0.955. The van der Waals surface area contributed by atoms with Gasteiger partial charge in [0.1, 0.15) is 5.54 Å². The van der Waals surface area contributed by atoms with Gasteiger partial charge >= 0.3 is 5.97 Å². The maximum absolute atomic E-state index is 11.5. The Morgan fingerprint density at radius 2 is 1.81 bits per heavy atom. The normalized spacial score (nSPS) is 18.1. The van der Waals surface area contributed by atoms with E-state index in [4.69, 9.17) is 10.5 Å². The molecule has 0 fully saturated rings. The zero-order valence-corrected chi connectivity index (χ0v) is 11.6. The SMILES string of the molecule is COC(=O)C(C)(N)CN(C)C(C)C(C)(C)C. The van der Waals surface area contributed by atoms with E-state index in [0.29, 0.717) is 12.6 Å². The number of rotatable bonds is 4. The Hall–Kier alpha value is -0.610. The Morgan fingerprint density at radius 3 is 2.12 bits per heavy atom. The van der Waals surface area contributed by atoms with Gasteiger partial charge in [-0.05, 0) is 26.3 Å². The van der Waals surface area contributed by atoms with Gasteiger partial charge in [-0.2, -0.15) is 0 Å². The van der Waals surface area contributed by atoms with E-state index in [0.717, 1.165) is 0 Å². The summed E-state index contributed by atoms with van der Waals surface area (Å²) in [5.74, 6) is -0.375. The van der Waals surface area contributed by atoms with E-state index < -0.39 is 5.54 Å². The molecule has 16 heavy (non-hydrogen) atoms. The zero-order chi connectivity index (χ0) is 13.1. The van der Waals surface area contributed by atoms with Gasteiger partial charge < -0.3 is 15.4 Å². The molecular weight excluding hydrogens is 204 g/mol. The first-order chi connectivity index (χ1) is 7.02. The van der Waals surface area contributed by atoms with Crippen LogP contribution in [-0.4, -0.2) is 43.2 Å². The monoisotopic (exact) mass is 230 g/mol. The highest BCUT2D eigenvalue weighted by Crippen LogP contribution is 2.23. The second-order valence-electron chi connectivity index (χ2n) is 5.87. The summed E-state index contributed by atoms with van der Waals surface area (Å²) >= 11 is 0. The van der Waals surface area contributed by atoms with Gasteiger partial charge in [-0.3, -0.25) is 4.79 Å². The van der Waals surface area contributed by atoms with Gasteiger partial charge in [0.15, 0.2) is 0 Å². The summed E-state index contributed by atoms with van der Waals surface area (Å²) in [6.45, 7) is 10.8. The van der Waals surface area contributed by atoms with Crippen LogP contribution in [0.25, 0.3) is 0 Å². The van der Waals surface area contributed by atoms with Crippen molar-refractivity contribution in [1.29, 1.82) is 0 Å². The molecule has 2 atom stereocenters. The molecule has 0 aliphatic rings. The molecule has 0 rings (SSSR count). The lowest BCUT2D eigenvalue weighted by Gasteiger charge is -2.38. The Morgan fingerprint density at radius 1 is 1.38 bits per heavy atom. The zero-order valence-electron chi connectivity index (χ0n) is 11.6. The molecule has 0 amide bonds. The molecule has 0 aliphatic heterocycles. The topological polar surface area (TPSA) is 55.6 Å². The number of ether oxygens (including phenoxy) is 1. The van der Waals surface area contributed by atoms with Crippen molar-refractivity contribution < 1.29 is 9.53 Å². The quantitative estimate of drug-likeness (QED) is 0.738. The van der Waals surface area contributed by atoms with Crippen molar-refractivity contribution in [2.24, 2.45) is 11.1 Å². The Labute approximate surface area is 99.1 Å². The molecule has 0 spiro atoms. The highest BCUT2D eigenvalue weighted by Gasteiger charge is 2.34. The predicted octanol–water partition coefficient (Wildman–Crippen LogP) is 1.24. The van der Waals surface area contributed by atoms with Crippen LogP contribution in [0, 0.1) is 5.41 Å². The van der Waals surface area contributed by atoms with Gasteiger partial charge in [0.25, 0.3) is 0 Å². The van der Waals surface area contributed by atoms with Crippen LogP contribution in [0.1, 0.15) is 34.6 Å². The molecule has 0 saturated carbocycles. The first kappa shape index (κ1) is 15.4. The minimum Gasteiger partial charge on any atom is -0.468 e. The summed E-state index contributed by atoms with van der Waals surface area (Å²) < 4.78 is 4.69. The van der Waals surface area contributed by atoms with Gasteiger partial charge in [-0.25, -0.2) is 0 Å². The lowest BCUT2D eigenvalue weighted by Crippen LogP contribution is -2.56. The summed E-state index contributed by atoms with van der Waals surface area (Å²) in [7, 11) is 3.34. The van der Waals surface area contributed by atoms with Crippen LogP contribution in [0.3, 0.4) is 0 Å². The van der Waals surface area contributed by atoms with Crippen LogP contribution in [0.2, 0.25) is 0 Å². The predicted molar refractivity (Wildman–Crippen MR) is 66.2 cm³/mol. The van der Waals surface area contributed by atoms with Crippen molar-refractivity contribution in [3.63, 3.8) is 0 Å². The third-order valence-electron chi connectivity index (χ3n) is 3.14. The van der Waals surface area contributed by atoms with Crippen molar-refractivity contribution in [3.05, 3.63) is 0 Å². The lowest BCUT2D eigenvalue weighted by atomic mass is 9.86. The molecule has 0 radical (unpaired) electrons. The smallest absolute Gasteiger partial charge is 0.326 e. The minimum absolute atomic E-state index is 0.154. The van der Waals surface area contributed by atoms with Crippen molar-refractivity contribution in [1.82, 2.24) is 4.90 Å². The van der Waals surface area contributed by atoms with Crippen LogP contribution in [0.15, 0.2) is 0 Å². The van der Waals surface area contributed by atoms with Crippen LogP contribution in [0.5, 0.6) is 0 Å². The number of esters is 1. The van der Waals surface area contributed by atoms with Gasteiger partial charge in [0.2, 0.25) is 0 Å². The highest BCUT2D eigenvalue weighted by molar-refractivity contribution is 5.80. The van der Waals surface area contributed by atoms with E-state index in [1.54, 1.807) is 6.92 Å². The Bertz CT molecular complexity index is 244. The summed E-state index contributed by atoms with van der Waals surface area (Å²) in [4.78, 5) is 13.6. The van der Waals surface area contributed by atoms with Gasteiger partial charge in [-0.15, -0.1) is 0 Å². The molecule has 0 aromatic heterocycles. The van der Waals surface area contributed by atoms with E-state index in [9.17, 15) is 4.79 Å². The maximum atomic E-state index is 11.5. The molecule has 0 saturated heterocycles. The largest absolute Gasteiger partial charge is 0.468 e. The molecule has 0 aromatic rings. The third-order valence-corrected chi connectivity index (χ3v) is 3.14. The standard InChI is InChI=1S/C12H26N2O2/c1-9(11(2,3)4)14(6)8-12(5,13)10(15)16-7/h9H,8,13H2,1-7H3. The number of nitrogens with zero attached hydrogens (tertiary/aromatic N) is 1. The number of likely N-dealkylation sites (N-methyl/N-ethyl adjacent to an activating group) is 1. The van der Waals surface area contributed by atoms with E-state index in [2.05, 4.69) is 32.6 Å². The number of carbonyl (C=O) groups is 1. The average Bonchev–Trinajstić information content (AvgIpc) is 2.12. The maximum Gasteiger partial charge on any atom is 0.326 e. The fraction of sp³-hybridized carbons (Fsp3) is 0.917. The molecular formula is C12H26N2O2. The van der Waals surface area contributed by atoms with E-state index in [1.807, 2.05) is 7.05 Å². The Balaban J connectivity index is 4.56. The summed E-state index contributed by atoms with van der Waals surface area (Å²) in [6.07, 6.45) is 0. The summed E-state index contributed by atoms with van der Waals surface area (Å²) in [5, 5.41) is 0. The molecule has 4 heteroatoms. The van der Waals surface area contributed by atoms with Crippen LogP contribution in [0.4, 0.5) is 0 Å². The Kier molecular flexibility index (Phi) is 4.95. The molecule has 0 heterocycles. The number of hydrogen-bond acceptors (Lipinski definition) is 4. The number of nitrogens with two attached hydrogens (primary N) is 1. The van der Waals surface area contributed by atoms with Crippen molar-refractivity contribution in [2.75, 3.05) is 20.7 Å². The van der Waals surface area contributed by atoms with Crippen molar-refractivity contribution >= 4 is 5.97 Å². The fourth-order valence-electron chi connectivity index (χ4n) is 1.61. The van der Waals surface area contributed by atoms with E-state index in [1.165, 1.54) is 7.11 Å². The number of carbonyl (C=O) groups excluding carboxylic acids is 1. The molecule has 0 aliphatic carbocycles. The van der Waals surface area contributed by atoms with Crippen LogP contribution >= 0.6 is 0 Å².